The molecule has 0 bridgehead atoms. The summed E-state index contributed by atoms with van der Waals surface area (Å²) in [4.78, 5) is 16.4. The molecule has 0 unspecified atom stereocenters. The van der Waals surface area contributed by atoms with Gasteiger partial charge >= 0.3 is 0 Å². The molecule has 134 valence electrons. The van der Waals surface area contributed by atoms with E-state index in [-0.39, 0.29) is 17.5 Å². The second-order valence-electron chi connectivity index (χ2n) is 5.83. The van der Waals surface area contributed by atoms with Gasteiger partial charge in [0.25, 0.3) is 0 Å². The Hall–Kier alpha value is -2.67. The molecule has 1 amide bonds. The molecule has 0 saturated carbocycles. The number of carbonyl (C=O) groups is 1. The first-order chi connectivity index (χ1) is 12.5. The largest absolute Gasteiger partial charge is 0.338 e. The van der Waals surface area contributed by atoms with Crippen molar-refractivity contribution >= 4 is 23.4 Å². The van der Waals surface area contributed by atoms with Gasteiger partial charge in [-0.3, -0.25) is 4.79 Å². The number of rotatable bonds is 6. The number of halogens is 1. The van der Waals surface area contributed by atoms with Gasteiger partial charge in [-0.05, 0) is 37.1 Å². The van der Waals surface area contributed by atoms with Gasteiger partial charge < -0.3 is 9.84 Å². The lowest BCUT2D eigenvalue weighted by Gasteiger charge is -2.10. The maximum absolute atomic E-state index is 13.3. The van der Waals surface area contributed by atoms with Crippen molar-refractivity contribution < 1.29 is 13.7 Å². The minimum absolute atomic E-state index is 0.0859. The van der Waals surface area contributed by atoms with Crippen LogP contribution in [0.25, 0.3) is 11.4 Å². The van der Waals surface area contributed by atoms with E-state index in [4.69, 9.17) is 4.52 Å². The standard InChI is InChI=1S/C19H18FN3O2S/c1-12-5-3-6-13(2)18(12)21-16(24)10-26-11-17-22-19(23-25-17)14-7-4-8-15(20)9-14/h3-9H,10-11H2,1-2H3,(H,21,24). The van der Waals surface area contributed by atoms with Crippen LogP contribution in [0.15, 0.2) is 47.0 Å². The van der Waals surface area contributed by atoms with Crippen LogP contribution in [-0.2, 0) is 10.5 Å². The number of anilines is 1. The molecule has 0 aliphatic carbocycles. The SMILES string of the molecule is Cc1cccc(C)c1NC(=O)CSCc1nc(-c2cccc(F)c2)no1. The molecule has 1 N–H and O–H groups in total. The van der Waals surface area contributed by atoms with Crippen molar-refractivity contribution in [2.45, 2.75) is 19.6 Å². The molecule has 0 saturated heterocycles. The fourth-order valence-electron chi connectivity index (χ4n) is 2.48. The van der Waals surface area contributed by atoms with Crippen LogP contribution in [0.3, 0.4) is 0 Å². The van der Waals surface area contributed by atoms with Crippen LogP contribution >= 0.6 is 11.8 Å². The van der Waals surface area contributed by atoms with Crippen LogP contribution in [0.4, 0.5) is 10.1 Å². The number of para-hydroxylation sites is 1. The minimum atomic E-state index is -0.355. The number of nitrogens with one attached hydrogen (secondary N) is 1. The number of carbonyl (C=O) groups excluding carboxylic acids is 1. The van der Waals surface area contributed by atoms with Crippen molar-refractivity contribution in [3.05, 3.63) is 65.3 Å². The van der Waals surface area contributed by atoms with E-state index >= 15 is 0 Å². The van der Waals surface area contributed by atoms with Crippen LogP contribution in [0.1, 0.15) is 17.0 Å². The molecule has 0 atom stereocenters. The van der Waals surface area contributed by atoms with Crippen molar-refractivity contribution in [2.24, 2.45) is 0 Å². The topological polar surface area (TPSA) is 68.0 Å². The highest BCUT2D eigenvalue weighted by molar-refractivity contribution is 7.99. The second kappa shape index (κ2) is 8.14. The molecule has 2 aromatic carbocycles. The Balaban J connectivity index is 1.53. The first kappa shape index (κ1) is 18.1. The third kappa shape index (κ3) is 4.49. The predicted octanol–water partition coefficient (Wildman–Crippen LogP) is 4.36. The Kier molecular flexibility index (Phi) is 5.68. The fourth-order valence-corrected chi connectivity index (χ4v) is 3.13. The normalized spacial score (nSPS) is 10.7. The molecule has 0 radical (unpaired) electrons. The summed E-state index contributed by atoms with van der Waals surface area (Å²) in [5, 5.41) is 6.78. The molecule has 1 heterocycles. The molecule has 26 heavy (non-hydrogen) atoms. The number of hydrogen-bond acceptors (Lipinski definition) is 5. The second-order valence-corrected chi connectivity index (χ2v) is 6.82. The van der Waals surface area contributed by atoms with Gasteiger partial charge in [-0.25, -0.2) is 4.39 Å². The number of nitrogens with zero attached hydrogens (tertiary/aromatic N) is 2. The van der Waals surface area contributed by atoms with E-state index in [2.05, 4.69) is 15.5 Å². The molecular weight excluding hydrogens is 353 g/mol. The summed E-state index contributed by atoms with van der Waals surface area (Å²) in [5.74, 6) is 0.964. The molecule has 3 aromatic rings. The predicted molar refractivity (Wildman–Crippen MR) is 100 cm³/mol. The van der Waals surface area contributed by atoms with Crippen molar-refractivity contribution in [1.82, 2.24) is 10.1 Å². The number of aryl methyl sites for hydroxylation is 2. The average Bonchev–Trinajstić information content (AvgIpc) is 3.07. The third-order valence-corrected chi connectivity index (χ3v) is 4.67. The average molecular weight is 371 g/mol. The highest BCUT2D eigenvalue weighted by atomic mass is 32.2. The third-order valence-electron chi connectivity index (χ3n) is 3.76. The van der Waals surface area contributed by atoms with Gasteiger partial charge in [-0.1, -0.05) is 35.5 Å². The van der Waals surface area contributed by atoms with E-state index in [0.717, 1.165) is 16.8 Å². The summed E-state index contributed by atoms with van der Waals surface area (Å²) in [5.41, 5.74) is 3.46. The van der Waals surface area contributed by atoms with Crippen molar-refractivity contribution in [2.75, 3.05) is 11.1 Å². The summed E-state index contributed by atoms with van der Waals surface area (Å²) < 4.78 is 18.4. The zero-order chi connectivity index (χ0) is 18.5. The Morgan fingerprint density at radius 3 is 2.65 bits per heavy atom. The van der Waals surface area contributed by atoms with Crippen molar-refractivity contribution in [1.29, 1.82) is 0 Å². The summed E-state index contributed by atoms with van der Waals surface area (Å²) in [7, 11) is 0. The number of benzene rings is 2. The molecule has 5 nitrogen and oxygen atoms in total. The summed E-state index contributed by atoms with van der Waals surface area (Å²) in [6, 6.07) is 11.9. The molecule has 0 aliphatic heterocycles. The van der Waals surface area contributed by atoms with Gasteiger partial charge in [0.05, 0.1) is 11.5 Å². The first-order valence-corrected chi connectivity index (χ1v) is 9.21. The zero-order valence-electron chi connectivity index (χ0n) is 14.5. The highest BCUT2D eigenvalue weighted by Crippen LogP contribution is 2.21. The van der Waals surface area contributed by atoms with Gasteiger partial charge in [-0.15, -0.1) is 11.8 Å². The highest BCUT2D eigenvalue weighted by Gasteiger charge is 2.11. The van der Waals surface area contributed by atoms with E-state index in [1.807, 2.05) is 32.0 Å². The van der Waals surface area contributed by atoms with Gasteiger partial charge in [0.2, 0.25) is 17.6 Å². The first-order valence-electron chi connectivity index (χ1n) is 8.05. The maximum Gasteiger partial charge on any atom is 0.236 e. The van der Waals surface area contributed by atoms with E-state index in [9.17, 15) is 9.18 Å². The summed E-state index contributed by atoms with van der Waals surface area (Å²) >= 11 is 1.37. The van der Waals surface area contributed by atoms with E-state index in [0.29, 0.717) is 23.0 Å². The lowest BCUT2D eigenvalue weighted by Crippen LogP contribution is -2.15. The van der Waals surface area contributed by atoms with E-state index in [1.54, 1.807) is 12.1 Å². The number of thioether (sulfide) groups is 1. The summed E-state index contributed by atoms with van der Waals surface area (Å²) in [6.07, 6.45) is 0. The lowest BCUT2D eigenvalue weighted by molar-refractivity contribution is -0.113. The van der Waals surface area contributed by atoms with Gasteiger partial charge in [-0.2, -0.15) is 4.98 Å². The van der Waals surface area contributed by atoms with Gasteiger partial charge in [0.15, 0.2) is 0 Å². The molecule has 0 fully saturated rings. The molecular formula is C19H18FN3O2S. The van der Waals surface area contributed by atoms with Crippen LogP contribution in [0, 0.1) is 19.7 Å². The van der Waals surface area contributed by atoms with Crippen LogP contribution in [0.5, 0.6) is 0 Å². The molecule has 0 spiro atoms. The molecule has 1 aromatic heterocycles. The minimum Gasteiger partial charge on any atom is -0.338 e. The van der Waals surface area contributed by atoms with Crippen LogP contribution in [-0.4, -0.2) is 21.8 Å². The van der Waals surface area contributed by atoms with E-state index < -0.39 is 0 Å². The Bertz CT molecular complexity index is 906. The summed E-state index contributed by atoms with van der Waals surface area (Å²) in [6.45, 7) is 3.92. The Labute approximate surface area is 155 Å². The maximum atomic E-state index is 13.3. The van der Waals surface area contributed by atoms with Gasteiger partial charge in [0, 0.05) is 11.3 Å². The number of hydrogen-bond donors (Lipinski definition) is 1. The van der Waals surface area contributed by atoms with Crippen molar-refractivity contribution in [3.63, 3.8) is 0 Å². The number of aromatic nitrogens is 2. The Morgan fingerprint density at radius 2 is 1.92 bits per heavy atom. The van der Waals surface area contributed by atoms with Crippen molar-refractivity contribution in [3.8, 4) is 11.4 Å². The molecule has 0 aliphatic rings. The van der Waals surface area contributed by atoms with Gasteiger partial charge in [0.1, 0.15) is 5.82 Å². The monoisotopic (exact) mass is 371 g/mol. The molecule has 7 heteroatoms. The zero-order valence-corrected chi connectivity index (χ0v) is 15.3. The molecule has 3 rings (SSSR count). The quantitative estimate of drug-likeness (QED) is 0.697. The Morgan fingerprint density at radius 1 is 1.19 bits per heavy atom. The smallest absolute Gasteiger partial charge is 0.236 e. The fraction of sp³-hybridized carbons (Fsp3) is 0.211. The van der Waals surface area contributed by atoms with E-state index in [1.165, 1.54) is 23.9 Å². The van der Waals surface area contributed by atoms with Crippen LogP contribution < -0.4 is 5.32 Å². The number of amides is 1. The lowest BCUT2D eigenvalue weighted by atomic mass is 10.1. The van der Waals surface area contributed by atoms with Crippen LogP contribution in [0.2, 0.25) is 0 Å².